The molecule has 0 bridgehead atoms. The van der Waals surface area contributed by atoms with E-state index in [9.17, 15) is 10.1 Å². The average Bonchev–Trinajstić information content (AvgIpc) is 2.74. The van der Waals surface area contributed by atoms with Crippen LogP contribution in [0.3, 0.4) is 0 Å². The smallest absolute Gasteiger partial charge is 0.410 e. The van der Waals surface area contributed by atoms with Crippen molar-refractivity contribution in [3.63, 3.8) is 0 Å². The second-order valence-electron chi connectivity index (χ2n) is 6.14. The van der Waals surface area contributed by atoms with Gasteiger partial charge in [0.25, 0.3) is 0 Å². The zero-order chi connectivity index (χ0) is 18.7. The van der Waals surface area contributed by atoms with Crippen molar-refractivity contribution >= 4 is 12.2 Å². The van der Waals surface area contributed by atoms with Crippen molar-refractivity contribution in [2.45, 2.75) is 5.54 Å². The van der Waals surface area contributed by atoms with E-state index in [0.29, 0.717) is 11.3 Å². The lowest BCUT2D eigenvalue weighted by Gasteiger charge is -2.39. The SMILES string of the molecule is N#C[C@]1(c2ccccc2)c2ccccc2C=CN1C(=O)Oc1ccccc1. The Balaban J connectivity index is 1.85. The number of fused-ring (bicyclic) bond motifs is 1. The van der Waals surface area contributed by atoms with Crippen molar-refractivity contribution in [1.82, 2.24) is 4.90 Å². The number of rotatable bonds is 2. The van der Waals surface area contributed by atoms with Crippen LogP contribution in [0.5, 0.6) is 5.75 Å². The van der Waals surface area contributed by atoms with Gasteiger partial charge in [-0.2, -0.15) is 5.26 Å². The normalized spacial score (nSPS) is 17.7. The quantitative estimate of drug-likeness (QED) is 0.656. The Morgan fingerprint density at radius 1 is 0.889 bits per heavy atom. The molecule has 1 aliphatic rings. The molecular formula is C23H16N2O2. The molecule has 0 spiro atoms. The van der Waals surface area contributed by atoms with E-state index in [-0.39, 0.29) is 0 Å². The van der Waals surface area contributed by atoms with Gasteiger partial charge in [-0.05, 0) is 29.3 Å². The molecular weight excluding hydrogens is 336 g/mol. The first-order chi connectivity index (χ1) is 13.3. The maximum Gasteiger partial charge on any atom is 0.421 e. The molecule has 1 heterocycles. The predicted octanol–water partition coefficient (Wildman–Crippen LogP) is 4.94. The Bertz CT molecular complexity index is 1040. The highest BCUT2D eigenvalue weighted by Gasteiger charge is 2.46. The lowest BCUT2D eigenvalue weighted by Crippen LogP contribution is -2.49. The summed E-state index contributed by atoms with van der Waals surface area (Å²) in [5.74, 6) is 0.426. The molecule has 3 aromatic rings. The van der Waals surface area contributed by atoms with Crippen molar-refractivity contribution in [1.29, 1.82) is 5.26 Å². The van der Waals surface area contributed by atoms with Gasteiger partial charge in [-0.25, -0.2) is 4.79 Å². The minimum atomic E-state index is -1.31. The summed E-state index contributed by atoms with van der Waals surface area (Å²) in [6.45, 7) is 0. The fourth-order valence-corrected chi connectivity index (χ4v) is 3.36. The Kier molecular flexibility index (Phi) is 4.19. The van der Waals surface area contributed by atoms with Gasteiger partial charge in [0.05, 0.1) is 0 Å². The molecule has 130 valence electrons. The summed E-state index contributed by atoms with van der Waals surface area (Å²) >= 11 is 0. The maximum atomic E-state index is 13.0. The largest absolute Gasteiger partial charge is 0.421 e. The Hall–Kier alpha value is -3.84. The minimum Gasteiger partial charge on any atom is -0.410 e. The number of benzene rings is 3. The van der Waals surface area contributed by atoms with Crippen molar-refractivity contribution in [2.75, 3.05) is 0 Å². The molecule has 4 heteroatoms. The second-order valence-corrected chi connectivity index (χ2v) is 6.14. The summed E-state index contributed by atoms with van der Waals surface area (Å²) in [7, 11) is 0. The van der Waals surface area contributed by atoms with Crippen LogP contribution in [0.4, 0.5) is 4.79 Å². The first-order valence-electron chi connectivity index (χ1n) is 8.56. The Morgan fingerprint density at radius 3 is 2.22 bits per heavy atom. The van der Waals surface area contributed by atoms with Gasteiger partial charge in [0, 0.05) is 11.8 Å². The van der Waals surface area contributed by atoms with E-state index in [4.69, 9.17) is 4.74 Å². The average molecular weight is 352 g/mol. The van der Waals surface area contributed by atoms with Crippen LogP contribution in [-0.2, 0) is 5.54 Å². The molecule has 1 atom stereocenters. The maximum absolute atomic E-state index is 13.0. The third-order valence-electron chi connectivity index (χ3n) is 4.61. The molecule has 0 radical (unpaired) electrons. The van der Waals surface area contributed by atoms with Gasteiger partial charge >= 0.3 is 6.09 Å². The number of ether oxygens (including phenoxy) is 1. The zero-order valence-corrected chi connectivity index (χ0v) is 14.4. The molecule has 0 N–H and O–H groups in total. The lowest BCUT2D eigenvalue weighted by molar-refractivity contribution is 0.146. The Morgan fingerprint density at radius 2 is 1.52 bits per heavy atom. The highest BCUT2D eigenvalue weighted by molar-refractivity contribution is 5.79. The third-order valence-corrected chi connectivity index (χ3v) is 4.61. The topological polar surface area (TPSA) is 53.3 Å². The van der Waals surface area contributed by atoms with E-state index in [1.54, 1.807) is 30.5 Å². The van der Waals surface area contributed by atoms with Crippen molar-refractivity contribution in [2.24, 2.45) is 0 Å². The van der Waals surface area contributed by atoms with Crippen LogP contribution < -0.4 is 4.74 Å². The molecule has 4 nitrogen and oxygen atoms in total. The predicted molar refractivity (Wildman–Crippen MR) is 103 cm³/mol. The molecule has 4 rings (SSSR count). The van der Waals surface area contributed by atoms with Gasteiger partial charge in [-0.1, -0.05) is 72.8 Å². The number of amides is 1. The number of hydrogen-bond acceptors (Lipinski definition) is 3. The van der Waals surface area contributed by atoms with Crippen LogP contribution in [0, 0.1) is 11.3 Å². The van der Waals surface area contributed by atoms with E-state index < -0.39 is 11.6 Å². The standard InChI is InChI=1S/C23H16N2O2/c24-17-23(19-10-3-1-4-11-19)21-14-8-7-9-18(21)15-16-25(23)22(26)27-20-12-5-2-6-13-20/h1-16H/t23-/m0/s1. The van der Waals surface area contributed by atoms with Gasteiger partial charge in [-0.15, -0.1) is 0 Å². The number of hydrogen-bond donors (Lipinski definition) is 0. The van der Waals surface area contributed by atoms with Crippen LogP contribution in [0.25, 0.3) is 6.08 Å². The number of para-hydroxylation sites is 1. The minimum absolute atomic E-state index is 0.426. The summed E-state index contributed by atoms with van der Waals surface area (Å²) < 4.78 is 5.53. The van der Waals surface area contributed by atoms with Crippen molar-refractivity contribution < 1.29 is 9.53 Å². The number of nitrogens with zero attached hydrogens (tertiary/aromatic N) is 2. The summed E-state index contributed by atoms with van der Waals surface area (Å²) in [5, 5.41) is 10.3. The zero-order valence-electron chi connectivity index (χ0n) is 14.4. The van der Waals surface area contributed by atoms with Crippen LogP contribution in [-0.4, -0.2) is 11.0 Å². The van der Waals surface area contributed by atoms with Gasteiger partial charge in [0.15, 0.2) is 5.54 Å². The van der Waals surface area contributed by atoms with E-state index in [0.717, 1.165) is 11.1 Å². The highest BCUT2D eigenvalue weighted by atomic mass is 16.6. The van der Waals surface area contributed by atoms with E-state index >= 15 is 0 Å². The number of carbonyl (C=O) groups is 1. The molecule has 0 aliphatic carbocycles. The monoisotopic (exact) mass is 352 g/mol. The van der Waals surface area contributed by atoms with Gasteiger partial charge in [0.1, 0.15) is 11.8 Å². The number of carbonyl (C=O) groups excluding carboxylic acids is 1. The third kappa shape index (κ3) is 2.76. The van der Waals surface area contributed by atoms with Crippen LogP contribution in [0.1, 0.15) is 16.7 Å². The first-order valence-corrected chi connectivity index (χ1v) is 8.56. The van der Waals surface area contributed by atoms with Crippen molar-refractivity contribution in [3.8, 4) is 11.8 Å². The molecule has 0 unspecified atom stereocenters. The van der Waals surface area contributed by atoms with E-state index in [1.807, 2.05) is 66.7 Å². The fourth-order valence-electron chi connectivity index (χ4n) is 3.36. The van der Waals surface area contributed by atoms with Crippen LogP contribution in [0.15, 0.2) is 91.1 Å². The summed E-state index contributed by atoms with van der Waals surface area (Å²) in [6, 6.07) is 28.1. The molecule has 0 saturated carbocycles. The lowest BCUT2D eigenvalue weighted by atomic mass is 9.78. The number of nitriles is 1. The molecule has 0 aromatic heterocycles. The summed E-state index contributed by atoms with van der Waals surface area (Å²) in [5.41, 5.74) is 1.03. The first kappa shape index (κ1) is 16.6. The molecule has 0 saturated heterocycles. The highest BCUT2D eigenvalue weighted by Crippen LogP contribution is 2.41. The van der Waals surface area contributed by atoms with Crippen molar-refractivity contribution in [3.05, 3.63) is 108 Å². The molecule has 1 amide bonds. The fraction of sp³-hybridized carbons (Fsp3) is 0.0435. The second kappa shape index (κ2) is 6.81. The summed E-state index contributed by atoms with van der Waals surface area (Å²) in [6.07, 6.45) is 2.82. The van der Waals surface area contributed by atoms with E-state index in [1.165, 1.54) is 4.90 Å². The molecule has 3 aromatic carbocycles. The molecule has 27 heavy (non-hydrogen) atoms. The van der Waals surface area contributed by atoms with Gasteiger partial charge in [-0.3, -0.25) is 4.90 Å². The molecule has 1 aliphatic heterocycles. The van der Waals surface area contributed by atoms with Crippen LogP contribution in [0.2, 0.25) is 0 Å². The summed E-state index contributed by atoms with van der Waals surface area (Å²) in [4.78, 5) is 14.4. The Labute approximate surface area is 157 Å². The van der Waals surface area contributed by atoms with Gasteiger partial charge < -0.3 is 4.74 Å². The molecule has 0 fully saturated rings. The van der Waals surface area contributed by atoms with E-state index in [2.05, 4.69) is 6.07 Å². The van der Waals surface area contributed by atoms with Crippen LogP contribution >= 0.6 is 0 Å². The van der Waals surface area contributed by atoms with Gasteiger partial charge in [0.2, 0.25) is 0 Å².